The van der Waals surface area contributed by atoms with Crippen molar-refractivity contribution < 1.29 is 23.9 Å². The van der Waals surface area contributed by atoms with Crippen molar-refractivity contribution in [2.45, 2.75) is 44.9 Å². The van der Waals surface area contributed by atoms with Crippen LogP contribution in [0.25, 0.3) is 0 Å². The highest BCUT2D eigenvalue weighted by Crippen LogP contribution is 2.19. The fourth-order valence-electron chi connectivity index (χ4n) is 3.48. The summed E-state index contributed by atoms with van der Waals surface area (Å²) in [5.74, 6) is -0.607. The van der Waals surface area contributed by atoms with Crippen LogP contribution >= 0.6 is 0 Å². The van der Waals surface area contributed by atoms with Crippen LogP contribution in [0.1, 0.15) is 37.3 Å². The number of aliphatic hydroxyl groups is 1. The van der Waals surface area contributed by atoms with Crippen LogP contribution in [0.3, 0.4) is 0 Å². The minimum Gasteiger partial charge on any atom is -0.463 e. The molecule has 2 aromatic carbocycles. The maximum atomic E-state index is 13.3. The summed E-state index contributed by atoms with van der Waals surface area (Å²) in [6.07, 6.45) is 0.698. The number of aliphatic hydroxyl groups excluding tert-OH is 1. The fourth-order valence-corrected chi connectivity index (χ4v) is 3.48. The molecule has 31 heavy (non-hydrogen) atoms. The number of hydrogen-bond donors (Lipinski definition) is 1. The lowest BCUT2D eigenvalue weighted by Crippen LogP contribution is -2.39. The molecule has 0 spiro atoms. The first-order chi connectivity index (χ1) is 15.0. The molecular formula is C24H29FN2O4. The van der Waals surface area contributed by atoms with Gasteiger partial charge >= 0.3 is 5.97 Å². The second-order valence-electron chi connectivity index (χ2n) is 7.74. The van der Waals surface area contributed by atoms with Gasteiger partial charge in [-0.25, -0.2) is 4.39 Å². The molecule has 2 aromatic rings. The van der Waals surface area contributed by atoms with Crippen molar-refractivity contribution in [2.75, 3.05) is 19.7 Å². The number of halogens is 1. The van der Waals surface area contributed by atoms with Crippen LogP contribution < -0.4 is 0 Å². The van der Waals surface area contributed by atoms with Crippen LogP contribution in [0.15, 0.2) is 59.8 Å². The molecule has 1 N–H and O–H groups in total. The van der Waals surface area contributed by atoms with Gasteiger partial charge in [0, 0.05) is 32.5 Å². The summed E-state index contributed by atoms with van der Waals surface area (Å²) < 4.78 is 18.4. The highest BCUT2D eigenvalue weighted by Gasteiger charge is 2.26. The second kappa shape index (κ2) is 11.6. The number of carbonyl (C=O) groups excluding carboxylic acids is 1. The first-order valence-electron chi connectivity index (χ1n) is 10.6. The van der Waals surface area contributed by atoms with E-state index in [0.29, 0.717) is 32.4 Å². The molecule has 1 aliphatic heterocycles. The van der Waals surface area contributed by atoms with Gasteiger partial charge in [-0.1, -0.05) is 54.5 Å². The van der Waals surface area contributed by atoms with Gasteiger partial charge in [0.25, 0.3) is 0 Å². The lowest BCUT2D eigenvalue weighted by atomic mass is 10.0. The molecule has 3 rings (SSSR count). The Morgan fingerprint density at radius 3 is 2.71 bits per heavy atom. The number of benzene rings is 2. The van der Waals surface area contributed by atoms with Crippen LogP contribution in [-0.4, -0.2) is 53.6 Å². The van der Waals surface area contributed by atoms with Gasteiger partial charge in [0.05, 0.1) is 5.71 Å². The van der Waals surface area contributed by atoms with E-state index in [-0.39, 0.29) is 31.0 Å². The number of nitrogens with zero attached hydrogens (tertiary/aromatic N) is 2. The minimum atomic E-state index is -0.836. The zero-order valence-electron chi connectivity index (χ0n) is 17.7. The third-order valence-corrected chi connectivity index (χ3v) is 4.98. The van der Waals surface area contributed by atoms with Gasteiger partial charge < -0.3 is 14.7 Å². The monoisotopic (exact) mass is 428 g/mol. The van der Waals surface area contributed by atoms with E-state index >= 15 is 0 Å². The Bertz CT molecular complexity index is 858. The van der Waals surface area contributed by atoms with Gasteiger partial charge in [-0.15, -0.1) is 0 Å². The quantitative estimate of drug-likeness (QED) is 0.555. The Morgan fingerprint density at radius 2 is 2.00 bits per heavy atom. The topological polar surface area (TPSA) is 71.4 Å². The fraction of sp³-hybridized carbons (Fsp3) is 0.417. The van der Waals surface area contributed by atoms with E-state index < -0.39 is 6.10 Å². The normalized spacial score (nSPS) is 16.6. The van der Waals surface area contributed by atoms with Gasteiger partial charge in [0.1, 0.15) is 24.6 Å². The van der Waals surface area contributed by atoms with Crippen LogP contribution in [0, 0.1) is 5.82 Å². The van der Waals surface area contributed by atoms with Crippen molar-refractivity contribution >= 4 is 11.7 Å². The average Bonchev–Trinajstić information content (AvgIpc) is 3.23. The molecule has 0 aromatic heterocycles. The molecule has 1 heterocycles. The average molecular weight is 429 g/mol. The molecule has 2 atom stereocenters. The number of oxime groups is 1. The van der Waals surface area contributed by atoms with Gasteiger partial charge in [-0.05, 0) is 29.7 Å². The molecule has 0 saturated heterocycles. The van der Waals surface area contributed by atoms with Gasteiger partial charge in [0.2, 0.25) is 0 Å². The smallest absolute Gasteiger partial charge is 0.305 e. The highest BCUT2D eigenvalue weighted by atomic mass is 19.1. The van der Waals surface area contributed by atoms with E-state index in [2.05, 4.69) is 5.16 Å². The predicted molar refractivity (Wildman–Crippen MR) is 116 cm³/mol. The zero-order valence-corrected chi connectivity index (χ0v) is 17.7. The number of hydrogen-bond acceptors (Lipinski definition) is 6. The van der Waals surface area contributed by atoms with Gasteiger partial charge in [-0.2, -0.15) is 0 Å². The Hall–Kier alpha value is -2.77. The lowest BCUT2D eigenvalue weighted by molar-refractivity contribution is -0.147. The van der Waals surface area contributed by atoms with E-state index in [4.69, 9.17) is 9.57 Å². The van der Waals surface area contributed by atoms with Crippen molar-refractivity contribution in [1.29, 1.82) is 0 Å². The van der Waals surface area contributed by atoms with Gasteiger partial charge in [-0.3, -0.25) is 9.69 Å². The number of rotatable bonds is 11. The molecule has 6 nitrogen and oxygen atoms in total. The molecule has 0 bridgehead atoms. The highest BCUT2D eigenvalue weighted by molar-refractivity contribution is 6.01. The Labute approximate surface area is 182 Å². The Balaban J connectivity index is 1.59. The molecule has 166 valence electrons. The molecule has 0 fully saturated rings. The van der Waals surface area contributed by atoms with Crippen molar-refractivity contribution in [3.05, 3.63) is 71.5 Å². The number of carbonyl (C=O) groups is 1. The molecule has 0 aliphatic carbocycles. The lowest BCUT2D eigenvalue weighted by Gasteiger charge is -2.27. The molecule has 0 saturated carbocycles. The molecule has 0 radical (unpaired) electrons. The van der Waals surface area contributed by atoms with Gasteiger partial charge in [0.15, 0.2) is 0 Å². The Morgan fingerprint density at radius 1 is 1.26 bits per heavy atom. The summed E-state index contributed by atoms with van der Waals surface area (Å²) in [5.41, 5.74) is 2.83. The van der Waals surface area contributed by atoms with Crippen LogP contribution in [0.2, 0.25) is 0 Å². The first-order valence-corrected chi connectivity index (χ1v) is 10.6. The zero-order chi connectivity index (χ0) is 22.1. The first kappa shape index (κ1) is 22.9. The van der Waals surface area contributed by atoms with Crippen molar-refractivity contribution in [2.24, 2.45) is 5.16 Å². The standard InChI is InChI=1S/C24H29FN2O4/c1-2-6-24(29)30-17-21(28)15-27(14-18-9-11-20(25)12-10-18)16-22-13-23(26-31-22)19-7-4-3-5-8-19/h3-5,7-12,21-22,28H,2,6,13-17H2,1H3. The molecule has 0 amide bonds. The molecule has 1 aliphatic rings. The largest absolute Gasteiger partial charge is 0.463 e. The summed E-state index contributed by atoms with van der Waals surface area (Å²) in [7, 11) is 0. The molecule has 7 heteroatoms. The van der Waals surface area contributed by atoms with E-state index in [1.54, 1.807) is 12.1 Å². The molecular weight excluding hydrogens is 399 g/mol. The maximum absolute atomic E-state index is 13.3. The van der Waals surface area contributed by atoms with E-state index in [1.807, 2.05) is 42.2 Å². The maximum Gasteiger partial charge on any atom is 0.305 e. The molecule has 2 unspecified atom stereocenters. The summed E-state index contributed by atoms with van der Waals surface area (Å²) in [6, 6.07) is 16.1. The summed E-state index contributed by atoms with van der Waals surface area (Å²) in [5, 5.41) is 14.6. The van der Waals surface area contributed by atoms with E-state index in [1.165, 1.54) is 12.1 Å². The van der Waals surface area contributed by atoms with Crippen LogP contribution in [0.4, 0.5) is 4.39 Å². The Kier molecular flexibility index (Phi) is 8.55. The van der Waals surface area contributed by atoms with Crippen LogP contribution in [-0.2, 0) is 20.9 Å². The summed E-state index contributed by atoms with van der Waals surface area (Å²) >= 11 is 0. The SMILES string of the molecule is CCCC(=O)OCC(O)CN(Cc1ccc(F)cc1)CC1CC(c2ccccc2)=NO1. The third-order valence-electron chi connectivity index (χ3n) is 4.98. The van der Waals surface area contributed by atoms with E-state index in [9.17, 15) is 14.3 Å². The number of ether oxygens (including phenoxy) is 1. The van der Waals surface area contributed by atoms with Crippen molar-refractivity contribution in [3.8, 4) is 0 Å². The third kappa shape index (κ3) is 7.45. The summed E-state index contributed by atoms with van der Waals surface area (Å²) in [6.45, 7) is 3.15. The minimum absolute atomic E-state index is 0.0595. The predicted octanol–water partition coefficient (Wildman–Crippen LogP) is 3.53. The summed E-state index contributed by atoms with van der Waals surface area (Å²) in [4.78, 5) is 19.2. The number of esters is 1. The van der Waals surface area contributed by atoms with Crippen molar-refractivity contribution in [1.82, 2.24) is 4.90 Å². The second-order valence-corrected chi connectivity index (χ2v) is 7.74. The van der Waals surface area contributed by atoms with Crippen LogP contribution in [0.5, 0.6) is 0 Å². The van der Waals surface area contributed by atoms with E-state index in [0.717, 1.165) is 16.8 Å². The van der Waals surface area contributed by atoms with Crippen molar-refractivity contribution in [3.63, 3.8) is 0 Å².